The van der Waals surface area contributed by atoms with Crippen LogP contribution in [0.5, 0.6) is 0 Å². The summed E-state index contributed by atoms with van der Waals surface area (Å²) in [7, 11) is 3.22. The van der Waals surface area contributed by atoms with Crippen LogP contribution >= 0.6 is 0 Å². The number of methoxy groups -OCH3 is 1. The van der Waals surface area contributed by atoms with Crippen molar-refractivity contribution < 1.29 is 19.3 Å². The van der Waals surface area contributed by atoms with Crippen molar-refractivity contribution in [1.29, 1.82) is 0 Å². The molecule has 1 atom stereocenters. The Morgan fingerprint density at radius 3 is 2.39 bits per heavy atom. The van der Waals surface area contributed by atoms with Crippen molar-refractivity contribution in [3.05, 3.63) is 42.7 Å². The Balaban J connectivity index is 1.26. The van der Waals surface area contributed by atoms with Crippen LogP contribution in [0.3, 0.4) is 0 Å². The molecule has 0 N–H and O–H groups in total. The summed E-state index contributed by atoms with van der Waals surface area (Å²) in [6.45, 7) is 6.23. The van der Waals surface area contributed by atoms with Crippen molar-refractivity contribution in [2.75, 3.05) is 78.1 Å². The number of anilines is 1. The van der Waals surface area contributed by atoms with Crippen molar-refractivity contribution in [3.63, 3.8) is 0 Å². The summed E-state index contributed by atoms with van der Waals surface area (Å²) in [4.78, 5) is 38.1. The zero-order chi connectivity index (χ0) is 23.1. The van der Waals surface area contributed by atoms with Gasteiger partial charge in [0.25, 0.3) is 0 Å². The zero-order valence-corrected chi connectivity index (χ0v) is 19.5. The molecular weight excluding hydrogens is 422 g/mol. The number of likely N-dealkylation sites (tertiary alicyclic amines) is 1. The monoisotopic (exact) mass is 455 g/mol. The number of rotatable bonds is 9. The second-order valence-electron chi connectivity index (χ2n) is 8.81. The number of aromatic nitrogens is 2. The number of hydrogen-bond donors (Lipinski definition) is 0. The summed E-state index contributed by atoms with van der Waals surface area (Å²) in [6.07, 6.45) is 4.43. The summed E-state index contributed by atoms with van der Waals surface area (Å²) >= 11 is 0. The fourth-order valence-electron chi connectivity index (χ4n) is 4.70. The van der Waals surface area contributed by atoms with Gasteiger partial charge in [0.15, 0.2) is 5.82 Å². The van der Waals surface area contributed by atoms with Gasteiger partial charge in [-0.2, -0.15) is 0 Å². The molecular formula is C24H33N5O4. The first-order valence-corrected chi connectivity index (χ1v) is 11.4. The van der Waals surface area contributed by atoms with E-state index in [4.69, 9.17) is 14.5 Å². The van der Waals surface area contributed by atoms with Gasteiger partial charge < -0.3 is 14.5 Å². The Hall–Kier alpha value is -2.59. The predicted molar refractivity (Wildman–Crippen MR) is 125 cm³/mol. The minimum Gasteiger partial charge on any atom is -0.384 e. The smallest absolute Gasteiger partial charge is 0.236 e. The number of amides is 1. The molecule has 0 spiro atoms. The lowest BCUT2D eigenvalue weighted by atomic mass is 9.89. The van der Waals surface area contributed by atoms with Gasteiger partial charge in [-0.15, -0.1) is 0 Å². The van der Waals surface area contributed by atoms with E-state index in [9.17, 15) is 4.79 Å². The summed E-state index contributed by atoms with van der Waals surface area (Å²) < 4.78 is 5.41. The standard InChI is InChI=1S/C24H33N5O4/c1-31-18-24(19-33-32-2)8-11-27(17-24)16-22(30)29-14-12-28(13-15-29)21-6-4-20(5-7-21)23-25-9-3-10-26-23/h3-7,9-10H,8,11-19H2,1-2H3. The van der Waals surface area contributed by atoms with Gasteiger partial charge in [-0.05, 0) is 43.3 Å². The molecule has 2 aromatic rings. The third kappa shape index (κ3) is 5.86. The molecule has 0 aliphatic carbocycles. The lowest BCUT2D eigenvalue weighted by Gasteiger charge is -2.37. The van der Waals surface area contributed by atoms with Gasteiger partial charge in [0, 0.05) is 68.9 Å². The van der Waals surface area contributed by atoms with E-state index in [2.05, 4.69) is 44.0 Å². The van der Waals surface area contributed by atoms with Gasteiger partial charge in [-0.25, -0.2) is 19.7 Å². The summed E-state index contributed by atoms with van der Waals surface area (Å²) in [5, 5.41) is 0. The number of benzene rings is 1. The fraction of sp³-hybridized carbons (Fsp3) is 0.542. The lowest BCUT2D eigenvalue weighted by Crippen LogP contribution is -2.51. The maximum absolute atomic E-state index is 12.9. The van der Waals surface area contributed by atoms with E-state index in [1.807, 2.05) is 11.0 Å². The highest BCUT2D eigenvalue weighted by Gasteiger charge is 2.40. The number of nitrogens with zero attached hydrogens (tertiary/aromatic N) is 5. The van der Waals surface area contributed by atoms with E-state index in [0.29, 0.717) is 19.8 Å². The second-order valence-corrected chi connectivity index (χ2v) is 8.81. The molecule has 4 rings (SSSR count). The molecule has 9 heteroatoms. The normalized spacial score (nSPS) is 21.5. The molecule has 1 aromatic heterocycles. The molecule has 9 nitrogen and oxygen atoms in total. The molecule has 2 aliphatic heterocycles. The summed E-state index contributed by atoms with van der Waals surface area (Å²) in [5.41, 5.74) is 2.03. The Morgan fingerprint density at radius 2 is 1.73 bits per heavy atom. The molecule has 2 fully saturated rings. The highest BCUT2D eigenvalue weighted by molar-refractivity contribution is 5.78. The third-order valence-electron chi connectivity index (χ3n) is 6.50. The van der Waals surface area contributed by atoms with Crippen molar-refractivity contribution in [3.8, 4) is 11.4 Å². The molecule has 33 heavy (non-hydrogen) atoms. The number of carbonyl (C=O) groups is 1. The average molecular weight is 456 g/mol. The first-order chi connectivity index (χ1) is 16.1. The molecule has 3 heterocycles. The Kier molecular flexibility index (Phi) is 7.87. The van der Waals surface area contributed by atoms with Gasteiger partial charge in [0.05, 0.1) is 26.9 Å². The topological polar surface area (TPSA) is 80.3 Å². The first kappa shape index (κ1) is 23.6. The number of carbonyl (C=O) groups excluding carboxylic acids is 1. The molecule has 0 bridgehead atoms. The van der Waals surface area contributed by atoms with E-state index in [-0.39, 0.29) is 11.3 Å². The lowest BCUT2D eigenvalue weighted by molar-refractivity contribution is -0.291. The minimum atomic E-state index is -0.124. The largest absolute Gasteiger partial charge is 0.384 e. The van der Waals surface area contributed by atoms with Crippen LogP contribution in [0.15, 0.2) is 42.7 Å². The molecule has 0 saturated carbocycles. The molecule has 1 amide bonds. The summed E-state index contributed by atoms with van der Waals surface area (Å²) in [6, 6.07) is 10.1. The highest BCUT2D eigenvalue weighted by Crippen LogP contribution is 2.31. The number of piperazine rings is 1. The van der Waals surface area contributed by atoms with Crippen LogP contribution in [0.2, 0.25) is 0 Å². The molecule has 1 aromatic carbocycles. The van der Waals surface area contributed by atoms with Gasteiger partial charge >= 0.3 is 0 Å². The van der Waals surface area contributed by atoms with Crippen LogP contribution < -0.4 is 4.90 Å². The maximum Gasteiger partial charge on any atom is 0.236 e. The van der Waals surface area contributed by atoms with Crippen LogP contribution in [-0.4, -0.2) is 98.9 Å². The van der Waals surface area contributed by atoms with E-state index < -0.39 is 0 Å². The fourth-order valence-corrected chi connectivity index (χ4v) is 4.70. The predicted octanol–water partition coefficient (Wildman–Crippen LogP) is 1.71. The Bertz CT molecular complexity index is 889. The van der Waals surface area contributed by atoms with Crippen molar-refractivity contribution in [1.82, 2.24) is 19.8 Å². The van der Waals surface area contributed by atoms with Crippen LogP contribution in [0, 0.1) is 5.41 Å². The van der Waals surface area contributed by atoms with Crippen LogP contribution in [0.25, 0.3) is 11.4 Å². The van der Waals surface area contributed by atoms with Crippen LogP contribution in [0.4, 0.5) is 5.69 Å². The SMILES string of the molecule is COCC1(COOC)CCN(CC(=O)N2CCN(c3ccc(-c4ncccn4)cc3)CC2)C1. The number of ether oxygens (including phenoxy) is 1. The first-order valence-electron chi connectivity index (χ1n) is 11.4. The quantitative estimate of drug-likeness (QED) is 0.418. The van der Waals surface area contributed by atoms with E-state index in [0.717, 1.165) is 62.8 Å². The van der Waals surface area contributed by atoms with Gasteiger partial charge in [0.1, 0.15) is 0 Å². The maximum atomic E-state index is 12.9. The van der Waals surface area contributed by atoms with E-state index in [1.165, 1.54) is 7.11 Å². The Morgan fingerprint density at radius 1 is 1.00 bits per heavy atom. The van der Waals surface area contributed by atoms with Gasteiger partial charge in [0.2, 0.25) is 5.91 Å². The number of hydrogen-bond acceptors (Lipinski definition) is 8. The third-order valence-corrected chi connectivity index (χ3v) is 6.50. The van der Waals surface area contributed by atoms with Crippen molar-refractivity contribution in [2.45, 2.75) is 6.42 Å². The van der Waals surface area contributed by atoms with Gasteiger partial charge in [-0.1, -0.05) is 0 Å². The molecule has 178 valence electrons. The minimum absolute atomic E-state index is 0.124. The average Bonchev–Trinajstić information content (AvgIpc) is 3.26. The van der Waals surface area contributed by atoms with Crippen molar-refractivity contribution >= 4 is 11.6 Å². The van der Waals surface area contributed by atoms with Crippen LogP contribution in [-0.2, 0) is 19.3 Å². The van der Waals surface area contributed by atoms with Crippen molar-refractivity contribution in [2.24, 2.45) is 5.41 Å². The molecule has 2 saturated heterocycles. The van der Waals surface area contributed by atoms with E-state index in [1.54, 1.807) is 19.5 Å². The van der Waals surface area contributed by atoms with Gasteiger partial charge in [-0.3, -0.25) is 9.69 Å². The molecule has 2 aliphatic rings. The zero-order valence-electron chi connectivity index (χ0n) is 19.5. The second kappa shape index (κ2) is 11.0. The summed E-state index contributed by atoms with van der Waals surface area (Å²) in [5.74, 6) is 0.914. The molecule has 0 radical (unpaired) electrons. The highest BCUT2D eigenvalue weighted by atomic mass is 17.2. The Labute approximate surface area is 195 Å². The molecule has 1 unspecified atom stereocenters. The van der Waals surface area contributed by atoms with E-state index >= 15 is 0 Å². The van der Waals surface area contributed by atoms with Crippen LogP contribution in [0.1, 0.15) is 6.42 Å².